The number of rotatable bonds is 8. The highest BCUT2D eigenvalue weighted by Gasteiger charge is 2.63. The van der Waals surface area contributed by atoms with E-state index in [4.69, 9.17) is 16.3 Å². The van der Waals surface area contributed by atoms with Crippen LogP contribution in [0.25, 0.3) is 0 Å². The quantitative estimate of drug-likeness (QED) is 0.410. The molecule has 0 aromatic heterocycles. The highest BCUT2D eigenvalue weighted by Crippen LogP contribution is 2.47. The number of ether oxygens (including phenoxy) is 1. The molecule has 3 atom stereocenters. The molecule has 1 fully saturated rings. The lowest BCUT2D eigenvalue weighted by molar-refractivity contribution is -0.301. The van der Waals surface area contributed by atoms with Crippen molar-refractivity contribution in [3.05, 3.63) is 113 Å². The third kappa shape index (κ3) is 4.77. The average Bonchev–Trinajstić information content (AvgIpc) is 2.94. The van der Waals surface area contributed by atoms with Crippen LogP contribution >= 0.6 is 11.6 Å². The number of nitrogens with one attached hydrogen (secondary N) is 1. The van der Waals surface area contributed by atoms with Gasteiger partial charge in [-0.1, -0.05) is 90.5 Å². The first-order valence-corrected chi connectivity index (χ1v) is 13.9. The van der Waals surface area contributed by atoms with Crippen molar-refractivity contribution in [2.45, 2.75) is 22.6 Å². The second kappa shape index (κ2) is 10.5. The first-order valence-electron chi connectivity index (χ1n) is 12.0. The Hall–Kier alpha value is -4.15. The van der Waals surface area contributed by atoms with Gasteiger partial charge in [-0.2, -0.15) is 0 Å². The zero-order valence-electron chi connectivity index (χ0n) is 20.3. The highest BCUT2D eigenvalue weighted by atomic mass is 35.5. The molecule has 2 heterocycles. The molecule has 0 saturated carbocycles. The summed E-state index contributed by atoms with van der Waals surface area (Å²) in [6.07, 6.45) is 0. The molecule has 5 rings (SSSR count). The van der Waals surface area contributed by atoms with E-state index in [0.717, 1.165) is 0 Å². The number of hydrogen-bond donors (Lipinski definition) is 1. The topological polar surface area (TPSA) is 133 Å². The van der Waals surface area contributed by atoms with Gasteiger partial charge in [0, 0.05) is 5.92 Å². The van der Waals surface area contributed by atoms with Crippen LogP contribution in [0.3, 0.4) is 0 Å². The van der Waals surface area contributed by atoms with Crippen molar-refractivity contribution in [3.8, 4) is 5.75 Å². The van der Waals surface area contributed by atoms with Crippen LogP contribution in [0, 0.1) is 0 Å². The van der Waals surface area contributed by atoms with Gasteiger partial charge in [-0.05, 0) is 23.3 Å². The first kappa shape index (κ1) is 26.5. The van der Waals surface area contributed by atoms with Gasteiger partial charge >= 0.3 is 0 Å². The SMILES string of the molecule is O=C(COc1ccccc1)N[C@@H]1C(=O)N2C(C(=O)[O-])=C(Cl)C(C(c3ccccc3)c3ccccc3)S(=O)(=O)[C@H]12. The predicted molar refractivity (Wildman–Crippen MR) is 140 cm³/mol. The van der Waals surface area contributed by atoms with Gasteiger partial charge in [0.05, 0.1) is 16.7 Å². The summed E-state index contributed by atoms with van der Waals surface area (Å²) in [5, 5.41) is 10.8. The van der Waals surface area contributed by atoms with Crippen LogP contribution < -0.4 is 15.2 Å². The Balaban J connectivity index is 1.53. The second-order valence-corrected chi connectivity index (χ2v) is 11.6. The van der Waals surface area contributed by atoms with E-state index in [2.05, 4.69) is 5.32 Å². The monoisotopic (exact) mass is 565 g/mol. The van der Waals surface area contributed by atoms with Gasteiger partial charge in [-0.15, -0.1) is 0 Å². The van der Waals surface area contributed by atoms with Crippen LogP contribution in [-0.4, -0.2) is 54.4 Å². The Morgan fingerprint density at radius 3 is 1.95 bits per heavy atom. The molecular formula is C28H22ClN2O7S-. The van der Waals surface area contributed by atoms with E-state index >= 15 is 0 Å². The summed E-state index contributed by atoms with van der Waals surface area (Å²) in [6, 6.07) is 24.2. The number of fused-ring (bicyclic) bond motifs is 1. The lowest BCUT2D eigenvalue weighted by atomic mass is 9.87. The molecule has 3 aromatic carbocycles. The Morgan fingerprint density at radius 2 is 1.44 bits per heavy atom. The molecule has 0 bridgehead atoms. The maximum absolute atomic E-state index is 14.1. The highest BCUT2D eigenvalue weighted by molar-refractivity contribution is 7.93. The Kier molecular flexibility index (Phi) is 7.16. The van der Waals surface area contributed by atoms with Crippen molar-refractivity contribution in [2.24, 2.45) is 0 Å². The fraction of sp³-hybridized carbons (Fsp3) is 0.179. The second-order valence-electron chi connectivity index (χ2n) is 9.04. The number of β-lactam (4-membered cyclic amide) rings is 1. The maximum atomic E-state index is 14.1. The number of carbonyl (C=O) groups is 3. The summed E-state index contributed by atoms with van der Waals surface area (Å²) in [6.45, 7) is -0.482. The first-order chi connectivity index (χ1) is 18.7. The predicted octanol–water partition coefficient (Wildman–Crippen LogP) is 1.55. The molecule has 39 heavy (non-hydrogen) atoms. The number of nitrogens with zero attached hydrogens (tertiary/aromatic N) is 1. The fourth-order valence-corrected chi connectivity index (χ4v) is 8.12. The number of hydrogen-bond acceptors (Lipinski definition) is 7. The molecule has 1 N–H and O–H groups in total. The summed E-state index contributed by atoms with van der Waals surface area (Å²) in [4.78, 5) is 38.4. The van der Waals surface area contributed by atoms with Crippen molar-refractivity contribution >= 4 is 39.2 Å². The van der Waals surface area contributed by atoms with Crippen LogP contribution in [0.5, 0.6) is 5.75 Å². The van der Waals surface area contributed by atoms with Crippen molar-refractivity contribution in [1.82, 2.24) is 10.2 Å². The van der Waals surface area contributed by atoms with Crippen molar-refractivity contribution in [3.63, 3.8) is 0 Å². The molecule has 200 valence electrons. The van der Waals surface area contributed by atoms with E-state index in [1.54, 1.807) is 91.0 Å². The Labute approximate surface area is 229 Å². The van der Waals surface area contributed by atoms with Crippen molar-refractivity contribution in [1.29, 1.82) is 0 Å². The zero-order valence-corrected chi connectivity index (χ0v) is 21.8. The molecule has 1 unspecified atom stereocenters. The van der Waals surface area contributed by atoms with E-state index in [-0.39, 0.29) is 0 Å². The third-order valence-electron chi connectivity index (χ3n) is 6.69. The molecule has 0 radical (unpaired) electrons. The van der Waals surface area contributed by atoms with Gasteiger partial charge in [0.15, 0.2) is 21.8 Å². The van der Waals surface area contributed by atoms with Crippen LogP contribution in [-0.2, 0) is 24.2 Å². The molecule has 3 aromatic rings. The summed E-state index contributed by atoms with van der Waals surface area (Å²) < 4.78 is 33.7. The van der Waals surface area contributed by atoms with E-state index in [1.165, 1.54) is 0 Å². The van der Waals surface area contributed by atoms with E-state index < -0.39 is 67.5 Å². The minimum absolute atomic E-state index is 0.405. The van der Waals surface area contributed by atoms with Gasteiger partial charge in [0.2, 0.25) is 0 Å². The third-order valence-corrected chi connectivity index (χ3v) is 9.61. The smallest absolute Gasteiger partial charge is 0.258 e. The van der Waals surface area contributed by atoms with Crippen LogP contribution in [0.2, 0.25) is 0 Å². The number of benzene rings is 3. The molecule has 0 aliphatic carbocycles. The number of para-hydroxylation sites is 1. The summed E-state index contributed by atoms with van der Waals surface area (Å²) >= 11 is 6.53. The van der Waals surface area contributed by atoms with Crippen molar-refractivity contribution < 1.29 is 32.6 Å². The largest absolute Gasteiger partial charge is 0.543 e. The number of halogens is 1. The van der Waals surface area contributed by atoms with Gasteiger partial charge in [0.1, 0.15) is 17.0 Å². The number of sulfone groups is 1. The molecule has 11 heteroatoms. The zero-order chi connectivity index (χ0) is 27.7. The Morgan fingerprint density at radius 1 is 0.923 bits per heavy atom. The average molecular weight is 566 g/mol. The minimum Gasteiger partial charge on any atom is -0.543 e. The summed E-state index contributed by atoms with van der Waals surface area (Å²) in [5.74, 6) is -3.97. The van der Waals surface area contributed by atoms with Crippen LogP contribution in [0.15, 0.2) is 102 Å². The number of aliphatic carboxylic acids is 1. The van der Waals surface area contributed by atoms with Gasteiger partial charge < -0.3 is 20.0 Å². The normalized spacial score (nSPS) is 21.6. The van der Waals surface area contributed by atoms with E-state index in [0.29, 0.717) is 21.8 Å². The lowest BCUT2D eigenvalue weighted by Gasteiger charge is -2.52. The summed E-state index contributed by atoms with van der Waals surface area (Å²) in [5.41, 5.74) is 0.419. The molecule has 2 aliphatic rings. The van der Waals surface area contributed by atoms with Crippen LogP contribution in [0.4, 0.5) is 0 Å². The number of carboxylic acid groups (broad SMARTS) is 1. The molecule has 1 saturated heterocycles. The molecule has 9 nitrogen and oxygen atoms in total. The maximum Gasteiger partial charge on any atom is 0.258 e. The molecular weight excluding hydrogens is 544 g/mol. The number of carbonyl (C=O) groups excluding carboxylic acids is 3. The molecule has 0 spiro atoms. The van der Waals surface area contributed by atoms with Gasteiger partial charge in [-0.3, -0.25) is 14.5 Å². The molecule has 2 aliphatic heterocycles. The van der Waals surface area contributed by atoms with E-state index in [1.807, 2.05) is 0 Å². The van der Waals surface area contributed by atoms with Crippen LogP contribution in [0.1, 0.15) is 17.0 Å². The number of amides is 2. The lowest BCUT2D eigenvalue weighted by Crippen LogP contribution is -2.76. The minimum atomic E-state index is -4.40. The van der Waals surface area contributed by atoms with Gasteiger partial charge in [0.25, 0.3) is 11.8 Å². The Bertz CT molecular complexity index is 1510. The standard InChI is InChI=1S/C28H23ClN2O7S/c29-22-24(28(34)35)31-26(33)23(30-20(32)16-38-19-14-8-3-9-15-19)27(31)39(36,37)25(22)21(17-10-4-1-5-11-17)18-12-6-2-7-13-18/h1-15,21,23,25,27H,16H2,(H,30,32)(H,34,35)/p-1/t23-,25?,27-/m1/s1. The number of carboxylic acids is 1. The van der Waals surface area contributed by atoms with Gasteiger partial charge in [-0.25, -0.2) is 8.42 Å². The van der Waals surface area contributed by atoms with Crippen molar-refractivity contribution in [2.75, 3.05) is 6.61 Å². The summed E-state index contributed by atoms with van der Waals surface area (Å²) in [7, 11) is -4.40. The van der Waals surface area contributed by atoms with E-state index in [9.17, 15) is 27.9 Å². The fourth-order valence-electron chi connectivity index (χ4n) is 4.99. The molecule has 2 amide bonds.